The van der Waals surface area contributed by atoms with E-state index in [9.17, 15) is 4.79 Å². The summed E-state index contributed by atoms with van der Waals surface area (Å²) in [6.45, 7) is 4.01. The van der Waals surface area contributed by atoms with E-state index in [1.54, 1.807) is 31.5 Å². The number of hydrogen-bond acceptors (Lipinski definition) is 5. The van der Waals surface area contributed by atoms with E-state index in [1.807, 2.05) is 30.3 Å². The molecule has 0 bridgehead atoms. The number of thioether (sulfide) groups is 1. The molecule has 0 spiro atoms. The average Bonchev–Trinajstić information content (AvgIpc) is 2.68. The van der Waals surface area contributed by atoms with Gasteiger partial charge in [-0.2, -0.15) is 5.10 Å². The average molecular weight is 405 g/mol. The maximum absolute atomic E-state index is 11.9. The Morgan fingerprint density at radius 3 is 2.85 bits per heavy atom. The number of ether oxygens (including phenoxy) is 2. The van der Waals surface area contributed by atoms with E-state index < -0.39 is 0 Å². The molecule has 0 saturated heterocycles. The number of methoxy groups -OCH3 is 1. The molecule has 7 heteroatoms. The molecule has 0 aliphatic carbocycles. The first-order valence-electron chi connectivity index (χ1n) is 8.19. The molecule has 5 nitrogen and oxygen atoms in total. The van der Waals surface area contributed by atoms with Gasteiger partial charge in [-0.15, -0.1) is 11.8 Å². The summed E-state index contributed by atoms with van der Waals surface area (Å²) < 4.78 is 10.8. The van der Waals surface area contributed by atoms with E-state index in [4.69, 9.17) is 21.1 Å². The zero-order valence-electron chi connectivity index (χ0n) is 15.0. The van der Waals surface area contributed by atoms with Crippen molar-refractivity contribution in [2.24, 2.45) is 5.10 Å². The van der Waals surface area contributed by atoms with Gasteiger partial charge >= 0.3 is 0 Å². The SMILES string of the molecule is C=CCOc1ccc(/C=N/NC(=O)CSCc2ccccc2Cl)cc1OC. The minimum atomic E-state index is -0.179. The highest BCUT2D eigenvalue weighted by Gasteiger charge is 2.05. The number of carbonyl (C=O) groups excluding carboxylic acids is 1. The molecule has 2 aromatic rings. The summed E-state index contributed by atoms with van der Waals surface area (Å²) in [7, 11) is 1.56. The molecule has 1 N–H and O–H groups in total. The van der Waals surface area contributed by atoms with Crippen LogP contribution in [0.3, 0.4) is 0 Å². The number of benzene rings is 2. The van der Waals surface area contributed by atoms with Crippen molar-refractivity contribution >= 4 is 35.5 Å². The van der Waals surface area contributed by atoms with Gasteiger partial charge in [-0.05, 0) is 35.4 Å². The summed E-state index contributed by atoms with van der Waals surface area (Å²) in [6.07, 6.45) is 3.21. The second kappa shape index (κ2) is 11.3. The third kappa shape index (κ3) is 7.00. The molecule has 0 saturated carbocycles. The fourth-order valence-corrected chi connectivity index (χ4v) is 3.22. The van der Waals surface area contributed by atoms with Gasteiger partial charge in [-0.25, -0.2) is 5.43 Å². The summed E-state index contributed by atoms with van der Waals surface area (Å²) in [6, 6.07) is 13.0. The Morgan fingerprint density at radius 2 is 2.11 bits per heavy atom. The monoisotopic (exact) mass is 404 g/mol. The van der Waals surface area contributed by atoms with Gasteiger partial charge in [-0.1, -0.05) is 42.5 Å². The number of hydrogen-bond donors (Lipinski definition) is 1. The maximum Gasteiger partial charge on any atom is 0.250 e. The van der Waals surface area contributed by atoms with Crippen molar-refractivity contribution in [2.75, 3.05) is 19.5 Å². The summed E-state index contributed by atoms with van der Waals surface area (Å²) in [4.78, 5) is 11.9. The van der Waals surface area contributed by atoms with Gasteiger partial charge in [0.05, 0.1) is 19.1 Å². The first-order valence-corrected chi connectivity index (χ1v) is 9.72. The third-order valence-electron chi connectivity index (χ3n) is 3.40. The molecule has 0 atom stereocenters. The highest BCUT2D eigenvalue weighted by Crippen LogP contribution is 2.27. The smallest absolute Gasteiger partial charge is 0.250 e. The molecule has 0 heterocycles. The molecule has 0 aliphatic rings. The molecule has 27 heavy (non-hydrogen) atoms. The van der Waals surface area contributed by atoms with Crippen LogP contribution in [0.1, 0.15) is 11.1 Å². The van der Waals surface area contributed by atoms with Gasteiger partial charge in [0.1, 0.15) is 6.61 Å². The minimum absolute atomic E-state index is 0.179. The lowest BCUT2D eigenvalue weighted by Crippen LogP contribution is -2.19. The minimum Gasteiger partial charge on any atom is -0.493 e. The predicted molar refractivity (Wildman–Crippen MR) is 112 cm³/mol. The van der Waals surface area contributed by atoms with E-state index in [-0.39, 0.29) is 5.91 Å². The number of amides is 1. The summed E-state index contributed by atoms with van der Waals surface area (Å²) in [5.74, 6) is 1.98. The van der Waals surface area contributed by atoms with E-state index in [0.717, 1.165) is 11.1 Å². The van der Waals surface area contributed by atoms with Gasteiger partial charge in [0.15, 0.2) is 11.5 Å². The van der Waals surface area contributed by atoms with E-state index in [2.05, 4.69) is 17.1 Å². The number of hydrazone groups is 1. The fourth-order valence-electron chi connectivity index (χ4n) is 2.11. The van der Waals surface area contributed by atoms with Gasteiger partial charge in [0.2, 0.25) is 5.91 Å². The van der Waals surface area contributed by atoms with Crippen molar-refractivity contribution in [3.8, 4) is 11.5 Å². The van der Waals surface area contributed by atoms with E-state index in [0.29, 0.717) is 34.6 Å². The Hall–Kier alpha value is -2.44. The molecule has 2 aromatic carbocycles. The first-order chi connectivity index (χ1) is 13.1. The van der Waals surface area contributed by atoms with Crippen molar-refractivity contribution in [1.29, 1.82) is 0 Å². The predicted octanol–water partition coefficient (Wildman–Crippen LogP) is 4.30. The van der Waals surface area contributed by atoms with Crippen molar-refractivity contribution in [3.63, 3.8) is 0 Å². The lowest BCUT2D eigenvalue weighted by Gasteiger charge is -2.09. The van der Waals surface area contributed by atoms with Crippen LogP contribution in [0, 0.1) is 0 Å². The lowest BCUT2D eigenvalue weighted by molar-refractivity contribution is -0.118. The summed E-state index contributed by atoms with van der Waals surface area (Å²) in [5, 5.41) is 4.68. The normalized spacial score (nSPS) is 10.6. The van der Waals surface area contributed by atoms with Crippen molar-refractivity contribution in [2.45, 2.75) is 5.75 Å². The number of nitrogens with zero attached hydrogens (tertiary/aromatic N) is 1. The molecule has 142 valence electrons. The topological polar surface area (TPSA) is 59.9 Å². The van der Waals surface area contributed by atoms with Crippen LogP contribution in [0.5, 0.6) is 11.5 Å². The van der Waals surface area contributed by atoms with Crippen LogP contribution >= 0.6 is 23.4 Å². The Kier molecular flexibility index (Phi) is 8.74. The number of rotatable bonds is 10. The van der Waals surface area contributed by atoms with Gasteiger partial charge < -0.3 is 9.47 Å². The third-order valence-corrected chi connectivity index (χ3v) is 4.75. The second-order valence-corrected chi connectivity index (χ2v) is 6.78. The van der Waals surface area contributed by atoms with Gasteiger partial charge in [0.25, 0.3) is 0 Å². The highest BCUT2D eigenvalue weighted by molar-refractivity contribution is 7.99. The number of carbonyl (C=O) groups is 1. The van der Waals surface area contributed by atoms with Gasteiger partial charge in [-0.3, -0.25) is 4.79 Å². The van der Waals surface area contributed by atoms with Crippen molar-refractivity contribution < 1.29 is 14.3 Å². The van der Waals surface area contributed by atoms with Crippen LogP contribution < -0.4 is 14.9 Å². The molecule has 2 rings (SSSR count). The van der Waals surface area contributed by atoms with E-state index in [1.165, 1.54) is 11.8 Å². The van der Waals surface area contributed by atoms with Crippen LogP contribution in [-0.2, 0) is 10.5 Å². The standard InChI is InChI=1S/C20H21ClN2O3S/c1-3-10-26-18-9-8-15(11-19(18)25-2)12-22-23-20(24)14-27-13-16-6-4-5-7-17(16)21/h3-9,11-12H,1,10,13-14H2,2H3,(H,23,24)/b22-12+. The van der Waals surface area contributed by atoms with Crippen LogP contribution in [0.15, 0.2) is 60.2 Å². The molecule has 0 radical (unpaired) electrons. The van der Waals surface area contributed by atoms with Crippen molar-refractivity contribution in [1.82, 2.24) is 5.43 Å². The van der Waals surface area contributed by atoms with Crippen LogP contribution in [0.2, 0.25) is 5.02 Å². The Balaban J connectivity index is 1.81. The van der Waals surface area contributed by atoms with Crippen LogP contribution in [0.4, 0.5) is 0 Å². The quantitative estimate of drug-likeness (QED) is 0.364. The molecule has 1 amide bonds. The van der Waals surface area contributed by atoms with Crippen LogP contribution in [0.25, 0.3) is 0 Å². The second-order valence-electron chi connectivity index (χ2n) is 5.39. The molecular weight excluding hydrogens is 384 g/mol. The Labute approximate surface area is 168 Å². The number of nitrogens with one attached hydrogen (secondary N) is 1. The largest absolute Gasteiger partial charge is 0.493 e. The summed E-state index contributed by atoms with van der Waals surface area (Å²) >= 11 is 7.57. The molecule has 0 aromatic heterocycles. The first kappa shape index (κ1) is 20.9. The van der Waals surface area contributed by atoms with Crippen LogP contribution in [-0.4, -0.2) is 31.6 Å². The van der Waals surface area contributed by atoms with E-state index >= 15 is 0 Å². The Morgan fingerprint density at radius 1 is 1.30 bits per heavy atom. The fraction of sp³-hybridized carbons (Fsp3) is 0.200. The summed E-state index contributed by atoms with van der Waals surface area (Å²) in [5.41, 5.74) is 4.30. The molecule has 0 aliphatic heterocycles. The maximum atomic E-state index is 11.9. The Bertz CT molecular complexity index is 812. The highest BCUT2D eigenvalue weighted by atomic mass is 35.5. The van der Waals surface area contributed by atoms with Crippen molar-refractivity contribution in [3.05, 3.63) is 71.3 Å². The van der Waals surface area contributed by atoms with Gasteiger partial charge in [0, 0.05) is 10.8 Å². The lowest BCUT2D eigenvalue weighted by atomic mass is 10.2. The zero-order valence-corrected chi connectivity index (χ0v) is 16.6. The zero-order chi connectivity index (χ0) is 19.5. The molecule has 0 unspecified atom stereocenters. The number of halogens is 1. The molecular formula is C20H21ClN2O3S. The molecule has 0 fully saturated rings.